The summed E-state index contributed by atoms with van der Waals surface area (Å²) in [6.45, 7) is 3.92. The third-order valence-corrected chi connectivity index (χ3v) is 6.27. The van der Waals surface area contributed by atoms with Gasteiger partial charge in [-0.2, -0.15) is 10.5 Å². The van der Waals surface area contributed by atoms with E-state index in [1.54, 1.807) is 23.5 Å². The normalized spacial score (nSPS) is 45.3. The smallest absolute Gasteiger partial charge is 0.0842 e. The van der Waals surface area contributed by atoms with Crippen molar-refractivity contribution in [2.24, 2.45) is 21.8 Å². The van der Waals surface area contributed by atoms with Crippen molar-refractivity contribution in [2.75, 3.05) is 0 Å². The van der Waals surface area contributed by atoms with Crippen molar-refractivity contribution in [3.63, 3.8) is 0 Å². The van der Waals surface area contributed by atoms with Gasteiger partial charge in [-0.05, 0) is 13.8 Å². The molecule has 0 spiro atoms. The molecule has 0 amide bonds. The number of rotatable bonds is 0. The number of hydrogen-bond donors (Lipinski definition) is 0. The molecule has 92 valence electrons. The van der Waals surface area contributed by atoms with Crippen molar-refractivity contribution in [2.45, 2.75) is 36.4 Å². The van der Waals surface area contributed by atoms with Gasteiger partial charge >= 0.3 is 0 Å². The fourth-order valence-corrected chi connectivity index (χ4v) is 5.62. The van der Waals surface area contributed by atoms with Gasteiger partial charge in [0.25, 0.3) is 0 Å². The molecular weight excluding hydrogens is 264 g/mol. The highest BCUT2D eigenvalue weighted by molar-refractivity contribution is 8.15. The Hall–Kier alpha value is -0.980. The molecule has 3 rings (SSSR count). The second kappa shape index (κ2) is 4.29. The van der Waals surface area contributed by atoms with Gasteiger partial charge in [0.05, 0.1) is 56.6 Å². The summed E-state index contributed by atoms with van der Waals surface area (Å²) in [6.07, 6.45) is 0. The largest absolute Gasteiger partial charge is 0.277 e. The van der Waals surface area contributed by atoms with Crippen molar-refractivity contribution in [3.05, 3.63) is 0 Å². The highest BCUT2D eigenvalue weighted by atomic mass is 32.2. The van der Waals surface area contributed by atoms with E-state index in [0.717, 1.165) is 10.1 Å². The van der Waals surface area contributed by atoms with Crippen LogP contribution in [0.4, 0.5) is 0 Å². The Morgan fingerprint density at radius 1 is 0.889 bits per heavy atom. The van der Waals surface area contributed by atoms with Crippen LogP contribution in [0.15, 0.2) is 9.98 Å². The fourth-order valence-electron chi connectivity index (χ4n) is 2.99. The minimum atomic E-state index is -0.124. The summed E-state index contributed by atoms with van der Waals surface area (Å²) >= 11 is 3.30. The van der Waals surface area contributed by atoms with Gasteiger partial charge in [0.15, 0.2) is 0 Å². The van der Waals surface area contributed by atoms with E-state index in [0.29, 0.717) is 0 Å². The number of nitrogens with zero attached hydrogens (tertiary/aromatic N) is 4. The predicted octanol–water partition coefficient (Wildman–Crippen LogP) is 2.08. The van der Waals surface area contributed by atoms with Gasteiger partial charge in [0.1, 0.15) is 0 Å². The first-order valence-electron chi connectivity index (χ1n) is 5.87. The molecule has 3 aliphatic rings. The van der Waals surface area contributed by atoms with Crippen LogP contribution >= 0.6 is 23.5 Å². The standard InChI is InChI=1S/C12H12N4S2/c1-5-15-9-7(3-13)12-10(16-6(2)18-12)8(4-14)11(9)17-5/h7-12H,1-2H3. The van der Waals surface area contributed by atoms with Crippen LogP contribution in [-0.4, -0.2) is 32.7 Å². The zero-order valence-corrected chi connectivity index (χ0v) is 11.7. The molecule has 0 aromatic heterocycles. The molecule has 4 nitrogen and oxygen atoms in total. The third-order valence-electron chi connectivity index (χ3n) is 3.69. The van der Waals surface area contributed by atoms with Gasteiger partial charge in [-0.1, -0.05) is 0 Å². The van der Waals surface area contributed by atoms with Gasteiger partial charge < -0.3 is 0 Å². The maximum atomic E-state index is 9.44. The van der Waals surface area contributed by atoms with Gasteiger partial charge in [0, 0.05) is 0 Å². The molecule has 0 aromatic carbocycles. The van der Waals surface area contributed by atoms with E-state index in [9.17, 15) is 10.5 Å². The van der Waals surface area contributed by atoms with Gasteiger partial charge in [-0.15, -0.1) is 23.5 Å². The molecule has 0 N–H and O–H groups in total. The monoisotopic (exact) mass is 276 g/mol. The number of thioether (sulfide) groups is 2. The summed E-state index contributed by atoms with van der Waals surface area (Å²) in [5.74, 6) is -0.249. The van der Waals surface area contributed by atoms with Crippen LogP contribution in [0.3, 0.4) is 0 Å². The highest BCUT2D eigenvalue weighted by Crippen LogP contribution is 2.50. The Kier molecular flexibility index (Phi) is 2.88. The topological polar surface area (TPSA) is 72.3 Å². The lowest BCUT2D eigenvalue weighted by Crippen LogP contribution is -2.51. The first-order chi connectivity index (χ1) is 8.65. The van der Waals surface area contributed by atoms with Gasteiger partial charge in [-0.3, -0.25) is 9.98 Å². The molecule has 0 radical (unpaired) electrons. The Morgan fingerprint density at radius 2 is 1.28 bits per heavy atom. The van der Waals surface area contributed by atoms with Crippen molar-refractivity contribution in [3.8, 4) is 12.1 Å². The van der Waals surface area contributed by atoms with E-state index in [1.807, 2.05) is 13.8 Å². The van der Waals surface area contributed by atoms with E-state index >= 15 is 0 Å². The van der Waals surface area contributed by atoms with Crippen LogP contribution in [-0.2, 0) is 0 Å². The molecule has 18 heavy (non-hydrogen) atoms. The summed E-state index contributed by atoms with van der Waals surface area (Å²) in [7, 11) is 0. The molecule has 6 unspecified atom stereocenters. The summed E-state index contributed by atoms with van der Waals surface area (Å²) in [4.78, 5) is 9.18. The van der Waals surface area contributed by atoms with Crippen molar-refractivity contribution in [1.29, 1.82) is 10.5 Å². The van der Waals surface area contributed by atoms with E-state index in [2.05, 4.69) is 22.1 Å². The fraction of sp³-hybridized carbons (Fsp3) is 0.667. The molecule has 0 saturated heterocycles. The lowest BCUT2D eigenvalue weighted by Gasteiger charge is -2.38. The second-order valence-electron chi connectivity index (χ2n) is 4.75. The molecule has 6 heteroatoms. The summed E-state index contributed by atoms with van der Waals surface area (Å²) in [5, 5.41) is 21.1. The number of hydrogen-bond acceptors (Lipinski definition) is 6. The average molecular weight is 276 g/mol. The average Bonchev–Trinajstić information content (AvgIpc) is 2.87. The molecule has 0 aromatic rings. The van der Waals surface area contributed by atoms with Crippen molar-refractivity contribution < 1.29 is 0 Å². The maximum Gasteiger partial charge on any atom is 0.0842 e. The Morgan fingerprint density at radius 3 is 1.61 bits per heavy atom. The van der Waals surface area contributed by atoms with Crippen LogP contribution in [0.25, 0.3) is 0 Å². The zero-order chi connectivity index (χ0) is 12.9. The second-order valence-corrected chi connectivity index (χ2v) is 7.49. The van der Waals surface area contributed by atoms with Gasteiger partial charge in [0.2, 0.25) is 0 Å². The van der Waals surface area contributed by atoms with Gasteiger partial charge in [-0.25, -0.2) is 0 Å². The Labute approximate surface area is 115 Å². The molecule has 2 heterocycles. The van der Waals surface area contributed by atoms with E-state index in [4.69, 9.17) is 0 Å². The van der Waals surface area contributed by atoms with E-state index < -0.39 is 0 Å². The first-order valence-corrected chi connectivity index (χ1v) is 7.63. The van der Waals surface area contributed by atoms with Crippen LogP contribution in [0.5, 0.6) is 0 Å². The van der Waals surface area contributed by atoms with E-state index in [1.165, 1.54) is 0 Å². The maximum absolute atomic E-state index is 9.44. The van der Waals surface area contributed by atoms with Crippen molar-refractivity contribution in [1.82, 2.24) is 0 Å². The Bertz CT molecular complexity index is 479. The van der Waals surface area contributed by atoms with Crippen LogP contribution in [0, 0.1) is 34.5 Å². The molecular formula is C12H12N4S2. The lowest BCUT2D eigenvalue weighted by molar-refractivity contribution is 0.314. The van der Waals surface area contributed by atoms with E-state index in [-0.39, 0.29) is 34.4 Å². The number of nitriles is 2. The molecule has 1 aliphatic carbocycles. The van der Waals surface area contributed by atoms with Crippen LogP contribution in [0.1, 0.15) is 13.8 Å². The first kappa shape index (κ1) is 12.1. The van der Waals surface area contributed by atoms with Crippen molar-refractivity contribution >= 4 is 33.6 Å². The molecule has 1 saturated carbocycles. The summed E-state index contributed by atoms with van der Waals surface area (Å²) in [6, 6.07) is 4.76. The molecule has 1 fully saturated rings. The molecule has 0 bridgehead atoms. The number of fused-ring (bicyclic) bond motifs is 2. The summed E-state index contributed by atoms with van der Waals surface area (Å²) in [5.41, 5.74) is 0. The quantitative estimate of drug-likeness (QED) is 0.679. The summed E-state index contributed by atoms with van der Waals surface area (Å²) < 4.78 is 0. The lowest BCUT2D eigenvalue weighted by atomic mass is 9.75. The Balaban J connectivity index is 2.02. The predicted molar refractivity (Wildman–Crippen MR) is 74.8 cm³/mol. The SMILES string of the molecule is CC1=NC2C(C#N)C3SC(C)=NC3C(C#N)C2S1. The third kappa shape index (κ3) is 1.60. The van der Waals surface area contributed by atoms with Crippen LogP contribution in [0.2, 0.25) is 0 Å². The highest BCUT2D eigenvalue weighted by Gasteiger charge is 2.55. The van der Waals surface area contributed by atoms with Crippen LogP contribution < -0.4 is 0 Å². The minimum Gasteiger partial charge on any atom is -0.277 e. The number of aliphatic imine (C=N–C) groups is 2. The molecule has 6 atom stereocenters. The zero-order valence-electron chi connectivity index (χ0n) is 10.1. The minimum absolute atomic E-state index is 0.0282. The molecule has 2 aliphatic heterocycles.